The molecule has 0 aromatic heterocycles. The number of nitrogens with one attached hydrogen (secondary N) is 2. The standard InChI is InChI=1S/C12H17N3O3S.ClH/c13-7-8-14-12(16)9-1-5-11(6-2-9)19(17,18)15-10-3-4-10;/h1-2,5-6,10,15H,3-4,7-8,13H2,(H,14,16);1H. The topological polar surface area (TPSA) is 101 Å². The van der Waals surface area contributed by atoms with Crippen LogP contribution >= 0.6 is 12.4 Å². The molecule has 2 rings (SSSR count). The number of rotatable bonds is 6. The van der Waals surface area contributed by atoms with Crippen molar-refractivity contribution in [2.75, 3.05) is 13.1 Å². The van der Waals surface area contributed by atoms with Gasteiger partial charge in [0.05, 0.1) is 4.90 Å². The minimum absolute atomic E-state index is 0. The first-order valence-corrected chi connectivity index (χ1v) is 7.62. The lowest BCUT2D eigenvalue weighted by Crippen LogP contribution is -2.29. The average molecular weight is 320 g/mol. The van der Waals surface area contributed by atoms with E-state index in [1.54, 1.807) is 0 Å². The lowest BCUT2D eigenvalue weighted by atomic mass is 10.2. The molecule has 1 aliphatic rings. The van der Waals surface area contributed by atoms with Crippen LogP contribution in [0.2, 0.25) is 0 Å². The Kier molecular flexibility index (Phi) is 5.94. The molecule has 1 saturated carbocycles. The zero-order chi connectivity index (χ0) is 13.9. The van der Waals surface area contributed by atoms with E-state index < -0.39 is 10.0 Å². The van der Waals surface area contributed by atoms with Crippen molar-refractivity contribution < 1.29 is 13.2 Å². The molecule has 0 unspecified atom stereocenters. The lowest BCUT2D eigenvalue weighted by molar-refractivity contribution is 0.0954. The Morgan fingerprint density at radius 2 is 1.85 bits per heavy atom. The molecular formula is C12H18ClN3O3S. The number of hydrogen-bond acceptors (Lipinski definition) is 4. The molecule has 0 atom stereocenters. The molecule has 0 bridgehead atoms. The summed E-state index contributed by atoms with van der Waals surface area (Å²) in [4.78, 5) is 11.8. The largest absolute Gasteiger partial charge is 0.351 e. The van der Waals surface area contributed by atoms with Crippen molar-refractivity contribution in [2.45, 2.75) is 23.8 Å². The van der Waals surface area contributed by atoms with E-state index in [4.69, 9.17) is 5.73 Å². The van der Waals surface area contributed by atoms with E-state index in [0.29, 0.717) is 18.7 Å². The summed E-state index contributed by atoms with van der Waals surface area (Å²) in [7, 11) is -3.46. The highest BCUT2D eigenvalue weighted by molar-refractivity contribution is 7.89. The molecule has 0 saturated heterocycles. The van der Waals surface area contributed by atoms with Crippen molar-refractivity contribution in [2.24, 2.45) is 5.73 Å². The molecule has 1 aliphatic carbocycles. The van der Waals surface area contributed by atoms with Gasteiger partial charge < -0.3 is 11.1 Å². The van der Waals surface area contributed by atoms with Crippen LogP contribution in [0.4, 0.5) is 0 Å². The highest BCUT2D eigenvalue weighted by Crippen LogP contribution is 2.22. The fourth-order valence-corrected chi connectivity index (χ4v) is 2.87. The van der Waals surface area contributed by atoms with Gasteiger partial charge in [0.25, 0.3) is 5.91 Å². The molecule has 20 heavy (non-hydrogen) atoms. The monoisotopic (exact) mass is 319 g/mol. The predicted octanol–water partition coefficient (Wildman–Crippen LogP) is 0.238. The van der Waals surface area contributed by atoms with Gasteiger partial charge in [0, 0.05) is 24.7 Å². The summed E-state index contributed by atoms with van der Waals surface area (Å²) >= 11 is 0. The minimum atomic E-state index is -3.46. The van der Waals surface area contributed by atoms with Gasteiger partial charge in [-0.05, 0) is 37.1 Å². The predicted molar refractivity (Wildman–Crippen MR) is 78.4 cm³/mol. The number of carbonyl (C=O) groups is 1. The number of nitrogens with two attached hydrogens (primary N) is 1. The van der Waals surface area contributed by atoms with Crippen molar-refractivity contribution in [1.82, 2.24) is 10.0 Å². The summed E-state index contributed by atoms with van der Waals surface area (Å²) in [5.74, 6) is -0.260. The Morgan fingerprint density at radius 1 is 1.25 bits per heavy atom. The second-order valence-corrected chi connectivity index (χ2v) is 6.18. The van der Waals surface area contributed by atoms with Gasteiger partial charge in [0.1, 0.15) is 0 Å². The fourth-order valence-electron chi connectivity index (χ4n) is 1.56. The second kappa shape index (κ2) is 7.03. The number of benzene rings is 1. The maximum Gasteiger partial charge on any atom is 0.251 e. The van der Waals surface area contributed by atoms with Crippen LogP contribution in [0.5, 0.6) is 0 Å². The molecule has 0 spiro atoms. The zero-order valence-corrected chi connectivity index (χ0v) is 12.5. The van der Waals surface area contributed by atoms with E-state index in [9.17, 15) is 13.2 Å². The van der Waals surface area contributed by atoms with E-state index in [1.165, 1.54) is 24.3 Å². The molecule has 1 aromatic rings. The number of hydrogen-bond donors (Lipinski definition) is 3. The fraction of sp³-hybridized carbons (Fsp3) is 0.417. The highest BCUT2D eigenvalue weighted by Gasteiger charge is 2.27. The molecule has 1 fully saturated rings. The first-order chi connectivity index (χ1) is 9.03. The summed E-state index contributed by atoms with van der Waals surface area (Å²) in [6, 6.07) is 5.92. The van der Waals surface area contributed by atoms with Gasteiger partial charge in [0.15, 0.2) is 0 Å². The van der Waals surface area contributed by atoms with Gasteiger partial charge in [-0.3, -0.25) is 4.79 Å². The Hall–Kier alpha value is -1.15. The maximum absolute atomic E-state index is 11.9. The first kappa shape index (κ1) is 16.9. The number of sulfonamides is 1. The van der Waals surface area contributed by atoms with Crippen LogP contribution in [0.15, 0.2) is 29.2 Å². The SMILES string of the molecule is Cl.NCCNC(=O)c1ccc(S(=O)(=O)NC2CC2)cc1. The molecule has 112 valence electrons. The summed E-state index contributed by atoms with van der Waals surface area (Å²) in [5, 5.41) is 2.62. The van der Waals surface area contributed by atoms with Crippen molar-refractivity contribution in [3.63, 3.8) is 0 Å². The number of amides is 1. The lowest BCUT2D eigenvalue weighted by Gasteiger charge is -2.07. The van der Waals surface area contributed by atoms with Crippen molar-refractivity contribution in [3.8, 4) is 0 Å². The zero-order valence-electron chi connectivity index (χ0n) is 10.8. The number of carbonyl (C=O) groups excluding carboxylic acids is 1. The van der Waals surface area contributed by atoms with Crippen LogP contribution in [0.25, 0.3) is 0 Å². The Bertz CT molecular complexity index is 556. The van der Waals surface area contributed by atoms with Gasteiger partial charge in [0.2, 0.25) is 10.0 Å². The third kappa shape index (κ3) is 4.45. The Balaban J connectivity index is 0.00000200. The Morgan fingerprint density at radius 3 is 2.35 bits per heavy atom. The van der Waals surface area contributed by atoms with Gasteiger partial charge in [-0.15, -0.1) is 12.4 Å². The third-order valence-electron chi connectivity index (χ3n) is 2.76. The smallest absolute Gasteiger partial charge is 0.251 e. The number of halogens is 1. The molecular weight excluding hydrogens is 302 g/mol. The quantitative estimate of drug-likeness (QED) is 0.699. The molecule has 0 heterocycles. The molecule has 4 N–H and O–H groups in total. The first-order valence-electron chi connectivity index (χ1n) is 6.13. The maximum atomic E-state index is 11.9. The van der Waals surface area contributed by atoms with E-state index >= 15 is 0 Å². The van der Waals surface area contributed by atoms with Crippen LogP contribution in [0, 0.1) is 0 Å². The average Bonchev–Trinajstić information content (AvgIpc) is 3.19. The van der Waals surface area contributed by atoms with E-state index in [0.717, 1.165) is 12.8 Å². The normalized spacial score (nSPS) is 14.4. The molecule has 1 amide bonds. The summed E-state index contributed by atoms with van der Waals surface area (Å²) in [6.07, 6.45) is 1.78. The van der Waals surface area contributed by atoms with Crippen molar-refractivity contribution >= 4 is 28.3 Å². The van der Waals surface area contributed by atoms with E-state index in [-0.39, 0.29) is 29.3 Å². The van der Waals surface area contributed by atoms with Crippen molar-refractivity contribution in [3.05, 3.63) is 29.8 Å². The van der Waals surface area contributed by atoms with E-state index in [2.05, 4.69) is 10.0 Å². The van der Waals surface area contributed by atoms with Crippen LogP contribution < -0.4 is 15.8 Å². The highest BCUT2D eigenvalue weighted by atomic mass is 35.5. The van der Waals surface area contributed by atoms with Crippen LogP contribution in [0.3, 0.4) is 0 Å². The second-order valence-electron chi connectivity index (χ2n) is 4.46. The van der Waals surface area contributed by atoms with Crippen LogP contribution in [-0.4, -0.2) is 33.5 Å². The van der Waals surface area contributed by atoms with Gasteiger partial charge in [-0.2, -0.15) is 0 Å². The van der Waals surface area contributed by atoms with Gasteiger partial charge in [-0.1, -0.05) is 0 Å². The van der Waals surface area contributed by atoms with Gasteiger partial charge in [-0.25, -0.2) is 13.1 Å². The van der Waals surface area contributed by atoms with E-state index in [1.807, 2.05) is 0 Å². The molecule has 8 heteroatoms. The summed E-state index contributed by atoms with van der Waals surface area (Å²) in [6.45, 7) is 0.756. The Labute approximate surface area is 124 Å². The molecule has 1 aromatic carbocycles. The summed E-state index contributed by atoms with van der Waals surface area (Å²) < 4.78 is 26.4. The van der Waals surface area contributed by atoms with Crippen LogP contribution in [-0.2, 0) is 10.0 Å². The molecule has 0 aliphatic heterocycles. The van der Waals surface area contributed by atoms with Gasteiger partial charge >= 0.3 is 0 Å². The third-order valence-corrected chi connectivity index (χ3v) is 4.29. The van der Waals surface area contributed by atoms with Crippen LogP contribution in [0.1, 0.15) is 23.2 Å². The molecule has 6 nitrogen and oxygen atoms in total. The van der Waals surface area contributed by atoms with Crippen molar-refractivity contribution in [1.29, 1.82) is 0 Å². The molecule has 0 radical (unpaired) electrons. The summed E-state index contributed by atoms with van der Waals surface area (Å²) in [5.41, 5.74) is 5.70. The minimum Gasteiger partial charge on any atom is -0.351 e.